The summed E-state index contributed by atoms with van der Waals surface area (Å²) >= 11 is 0. The van der Waals surface area contributed by atoms with Crippen LogP contribution in [0.3, 0.4) is 0 Å². The molecule has 0 bridgehead atoms. The molecule has 82 valence electrons. The highest BCUT2D eigenvalue weighted by Crippen LogP contribution is 2.58. The van der Waals surface area contributed by atoms with Crippen LogP contribution in [-0.4, -0.2) is 5.92 Å². The highest BCUT2D eigenvalue weighted by atomic mass is 19.3. The highest BCUT2D eigenvalue weighted by molar-refractivity contribution is 4.98. The number of hydrogen-bond acceptors (Lipinski definition) is 0. The highest BCUT2D eigenvalue weighted by Gasteiger charge is 2.50. The fourth-order valence-electron chi connectivity index (χ4n) is 3.08. The first-order valence-electron chi connectivity index (χ1n) is 5.80. The first-order chi connectivity index (χ1) is 6.43. The van der Waals surface area contributed by atoms with E-state index in [1.165, 1.54) is 12.8 Å². The lowest BCUT2D eigenvalue weighted by molar-refractivity contribution is -0.107. The molecule has 0 heterocycles. The van der Waals surface area contributed by atoms with Crippen molar-refractivity contribution in [3.05, 3.63) is 0 Å². The molecular formula is C12H20F2. The topological polar surface area (TPSA) is 0 Å². The molecule has 0 N–H and O–H groups in total. The minimum atomic E-state index is -2.35. The third kappa shape index (κ3) is 1.80. The SMILES string of the molecule is CC(C)C1CC2(CCC(F)(F)CC2)C1. The molecule has 2 saturated carbocycles. The van der Waals surface area contributed by atoms with Gasteiger partial charge in [-0.05, 0) is 42.9 Å². The van der Waals surface area contributed by atoms with Gasteiger partial charge in [0.25, 0.3) is 0 Å². The van der Waals surface area contributed by atoms with Gasteiger partial charge in [0.2, 0.25) is 5.92 Å². The molecule has 0 aromatic rings. The lowest BCUT2D eigenvalue weighted by Gasteiger charge is -2.53. The van der Waals surface area contributed by atoms with Crippen molar-refractivity contribution in [3.63, 3.8) is 0 Å². The minimum absolute atomic E-state index is 0.137. The van der Waals surface area contributed by atoms with Crippen LogP contribution in [0.1, 0.15) is 52.4 Å². The van der Waals surface area contributed by atoms with Crippen LogP contribution in [0.2, 0.25) is 0 Å². The third-order valence-corrected chi connectivity index (χ3v) is 4.38. The average Bonchev–Trinajstić information content (AvgIpc) is 2.00. The molecule has 14 heavy (non-hydrogen) atoms. The molecule has 0 aliphatic heterocycles. The van der Waals surface area contributed by atoms with Crippen LogP contribution in [0.15, 0.2) is 0 Å². The van der Waals surface area contributed by atoms with Crippen LogP contribution in [0, 0.1) is 17.3 Å². The van der Waals surface area contributed by atoms with Gasteiger partial charge in [-0.25, -0.2) is 8.78 Å². The summed E-state index contributed by atoms with van der Waals surface area (Å²) in [6, 6.07) is 0. The molecule has 0 radical (unpaired) electrons. The first-order valence-corrected chi connectivity index (χ1v) is 5.80. The number of hydrogen-bond donors (Lipinski definition) is 0. The van der Waals surface area contributed by atoms with E-state index >= 15 is 0 Å². The Kier molecular flexibility index (Phi) is 2.36. The molecular weight excluding hydrogens is 182 g/mol. The monoisotopic (exact) mass is 202 g/mol. The van der Waals surface area contributed by atoms with Crippen LogP contribution < -0.4 is 0 Å². The predicted octanol–water partition coefficient (Wildman–Crippen LogP) is 4.25. The van der Waals surface area contributed by atoms with Crippen molar-refractivity contribution in [2.75, 3.05) is 0 Å². The lowest BCUT2D eigenvalue weighted by Crippen LogP contribution is -2.44. The van der Waals surface area contributed by atoms with Gasteiger partial charge in [-0.1, -0.05) is 13.8 Å². The van der Waals surface area contributed by atoms with Gasteiger partial charge in [-0.3, -0.25) is 0 Å². The number of halogens is 2. The van der Waals surface area contributed by atoms with Gasteiger partial charge < -0.3 is 0 Å². The maximum atomic E-state index is 13.0. The Morgan fingerprint density at radius 3 is 1.93 bits per heavy atom. The second-order valence-corrected chi connectivity index (χ2v) is 5.77. The van der Waals surface area contributed by atoms with Crippen molar-refractivity contribution in [2.24, 2.45) is 17.3 Å². The van der Waals surface area contributed by atoms with Gasteiger partial charge in [0.05, 0.1) is 0 Å². The van der Waals surface area contributed by atoms with Crippen molar-refractivity contribution in [1.82, 2.24) is 0 Å². The summed E-state index contributed by atoms with van der Waals surface area (Å²) in [6.45, 7) is 4.49. The number of rotatable bonds is 1. The van der Waals surface area contributed by atoms with Crippen molar-refractivity contribution in [1.29, 1.82) is 0 Å². The smallest absolute Gasteiger partial charge is 0.207 e. The van der Waals surface area contributed by atoms with Crippen LogP contribution in [0.25, 0.3) is 0 Å². The minimum Gasteiger partial charge on any atom is -0.207 e. The van der Waals surface area contributed by atoms with E-state index in [0.29, 0.717) is 5.41 Å². The van der Waals surface area contributed by atoms with E-state index < -0.39 is 5.92 Å². The molecule has 0 amide bonds. The van der Waals surface area contributed by atoms with Crippen LogP contribution in [-0.2, 0) is 0 Å². The molecule has 2 heteroatoms. The fourth-order valence-corrected chi connectivity index (χ4v) is 3.08. The summed E-state index contributed by atoms with van der Waals surface area (Å²) in [5.74, 6) is -0.807. The van der Waals surface area contributed by atoms with E-state index in [-0.39, 0.29) is 12.8 Å². The van der Waals surface area contributed by atoms with Gasteiger partial charge >= 0.3 is 0 Å². The van der Waals surface area contributed by atoms with Crippen molar-refractivity contribution < 1.29 is 8.78 Å². The van der Waals surface area contributed by atoms with E-state index in [0.717, 1.165) is 24.7 Å². The Balaban J connectivity index is 1.86. The molecule has 1 spiro atoms. The Morgan fingerprint density at radius 2 is 1.50 bits per heavy atom. The van der Waals surface area contributed by atoms with Gasteiger partial charge in [0.1, 0.15) is 0 Å². The van der Waals surface area contributed by atoms with Gasteiger partial charge in [0.15, 0.2) is 0 Å². The van der Waals surface area contributed by atoms with Crippen molar-refractivity contribution in [3.8, 4) is 0 Å². The maximum Gasteiger partial charge on any atom is 0.248 e. The third-order valence-electron chi connectivity index (χ3n) is 4.38. The van der Waals surface area contributed by atoms with E-state index in [1.807, 2.05) is 0 Å². The molecule has 0 nitrogen and oxygen atoms in total. The molecule has 0 aromatic carbocycles. The molecule has 2 fully saturated rings. The maximum absolute atomic E-state index is 13.0. The van der Waals surface area contributed by atoms with Crippen LogP contribution >= 0.6 is 0 Å². The van der Waals surface area contributed by atoms with Crippen molar-refractivity contribution in [2.45, 2.75) is 58.3 Å². The second kappa shape index (κ2) is 3.18. The molecule has 2 aliphatic carbocycles. The zero-order valence-corrected chi connectivity index (χ0v) is 9.15. The van der Waals surface area contributed by atoms with Gasteiger partial charge in [-0.15, -0.1) is 0 Å². The molecule has 2 rings (SSSR count). The van der Waals surface area contributed by atoms with E-state index in [2.05, 4.69) is 13.8 Å². The summed E-state index contributed by atoms with van der Waals surface area (Å²) < 4.78 is 25.9. The average molecular weight is 202 g/mol. The Hall–Kier alpha value is -0.140. The summed E-state index contributed by atoms with van der Waals surface area (Å²) in [6.07, 6.45) is 4.23. The largest absolute Gasteiger partial charge is 0.248 e. The molecule has 0 saturated heterocycles. The molecule has 0 atom stereocenters. The van der Waals surface area contributed by atoms with E-state index in [9.17, 15) is 8.78 Å². The molecule has 0 unspecified atom stereocenters. The van der Waals surface area contributed by atoms with Crippen molar-refractivity contribution >= 4 is 0 Å². The zero-order valence-electron chi connectivity index (χ0n) is 9.15. The summed E-state index contributed by atoms with van der Waals surface area (Å²) in [5.41, 5.74) is 0.330. The Labute approximate surface area is 85.1 Å². The predicted molar refractivity (Wildman–Crippen MR) is 53.4 cm³/mol. The summed E-state index contributed by atoms with van der Waals surface area (Å²) in [4.78, 5) is 0. The van der Waals surface area contributed by atoms with Crippen LogP contribution in [0.5, 0.6) is 0 Å². The molecule has 2 aliphatic rings. The van der Waals surface area contributed by atoms with Gasteiger partial charge in [-0.2, -0.15) is 0 Å². The Morgan fingerprint density at radius 1 is 1.00 bits per heavy atom. The van der Waals surface area contributed by atoms with E-state index in [1.54, 1.807) is 0 Å². The first kappa shape index (κ1) is 10.4. The number of alkyl halides is 2. The van der Waals surface area contributed by atoms with Crippen LogP contribution in [0.4, 0.5) is 8.78 Å². The normalized spacial score (nSPS) is 30.6. The van der Waals surface area contributed by atoms with E-state index in [4.69, 9.17) is 0 Å². The quantitative estimate of drug-likeness (QED) is 0.596. The summed E-state index contributed by atoms with van der Waals surface area (Å²) in [5, 5.41) is 0. The standard InChI is InChI=1S/C12H20F2/c1-9(2)10-7-11(8-10)3-5-12(13,14)6-4-11/h9-10H,3-8H2,1-2H3. The lowest BCUT2D eigenvalue weighted by atomic mass is 9.53. The zero-order chi connectivity index (χ0) is 10.4. The van der Waals surface area contributed by atoms with Gasteiger partial charge in [0, 0.05) is 12.8 Å². The Bertz CT molecular complexity index is 195. The second-order valence-electron chi connectivity index (χ2n) is 5.77. The summed E-state index contributed by atoms with van der Waals surface area (Å²) in [7, 11) is 0. The fraction of sp³-hybridized carbons (Fsp3) is 1.00. The molecule has 0 aromatic heterocycles.